The Bertz CT molecular complexity index is 1090. The molecule has 0 fully saturated rings. The van der Waals surface area contributed by atoms with E-state index in [1.54, 1.807) is 6.92 Å². The zero-order valence-electron chi connectivity index (χ0n) is 21.6. The maximum absolute atomic E-state index is 12.4. The lowest BCUT2D eigenvalue weighted by Gasteiger charge is -2.32. The minimum Gasteiger partial charge on any atom is -0.349 e. The maximum atomic E-state index is 12.4. The summed E-state index contributed by atoms with van der Waals surface area (Å²) >= 11 is 0. The number of benzene rings is 2. The number of fused-ring (bicyclic) bond motifs is 1. The molecule has 1 amide bonds. The van der Waals surface area contributed by atoms with E-state index in [-0.39, 0.29) is 28.7 Å². The van der Waals surface area contributed by atoms with E-state index in [0.29, 0.717) is 0 Å². The maximum Gasteiger partial charge on any atom is 0.217 e. The Labute approximate surface area is 200 Å². The first kappa shape index (κ1) is 25.0. The first-order valence-corrected chi connectivity index (χ1v) is 12.2. The highest BCUT2D eigenvalue weighted by Gasteiger charge is 2.29. The normalized spacial score (nSPS) is 14.2. The van der Waals surface area contributed by atoms with Gasteiger partial charge in [0.15, 0.2) is 0 Å². The highest BCUT2D eigenvalue weighted by atomic mass is 16.1. The molecular weight excluding hydrogens is 404 g/mol. The molecule has 1 heterocycles. The van der Waals surface area contributed by atoms with Gasteiger partial charge in [0.1, 0.15) is 0 Å². The minimum atomic E-state index is -0.139. The second kappa shape index (κ2) is 9.67. The molecule has 0 radical (unpaired) electrons. The lowest BCUT2D eigenvalue weighted by molar-refractivity contribution is -0.119. The highest BCUT2D eigenvalue weighted by Crippen LogP contribution is 2.38. The average molecular weight is 445 g/mol. The van der Waals surface area contributed by atoms with Crippen LogP contribution in [-0.4, -0.2) is 10.9 Å². The molecule has 0 aliphatic rings. The van der Waals surface area contributed by atoms with Crippen molar-refractivity contribution in [2.45, 2.75) is 91.0 Å². The highest BCUT2D eigenvalue weighted by molar-refractivity contribution is 5.78. The van der Waals surface area contributed by atoms with Crippen LogP contribution in [0.4, 0.5) is 0 Å². The summed E-state index contributed by atoms with van der Waals surface area (Å²) in [5.74, 6) is 0.0758. The van der Waals surface area contributed by atoms with Crippen molar-refractivity contribution in [1.82, 2.24) is 10.3 Å². The molecule has 0 saturated heterocycles. The van der Waals surface area contributed by atoms with Gasteiger partial charge in [0.2, 0.25) is 5.91 Å². The van der Waals surface area contributed by atoms with Crippen molar-refractivity contribution in [2.75, 3.05) is 0 Å². The van der Waals surface area contributed by atoms with E-state index >= 15 is 0 Å². The smallest absolute Gasteiger partial charge is 0.217 e. The molecule has 1 N–H and O–H groups in total. The van der Waals surface area contributed by atoms with Crippen LogP contribution >= 0.6 is 0 Å². The summed E-state index contributed by atoms with van der Waals surface area (Å²) in [5, 5.41) is 4.44. The number of hydrogen-bond donors (Lipinski definition) is 1. The zero-order valence-corrected chi connectivity index (χ0v) is 21.6. The molecule has 3 rings (SSSR count). The van der Waals surface area contributed by atoms with Gasteiger partial charge in [0, 0.05) is 23.9 Å². The quantitative estimate of drug-likeness (QED) is 0.425. The van der Waals surface area contributed by atoms with Crippen molar-refractivity contribution in [1.29, 1.82) is 0 Å². The first-order valence-electron chi connectivity index (χ1n) is 12.2. The summed E-state index contributed by atoms with van der Waals surface area (Å²) in [6.07, 6.45) is 1.96. The van der Waals surface area contributed by atoms with Gasteiger partial charge in [-0.25, -0.2) is 0 Å². The second-order valence-corrected chi connectivity index (χ2v) is 11.3. The molecule has 0 spiro atoms. The van der Waals surface area contributed by atoms with Gasteiger partial charge in [-0.05, 0) is 46.1 Å². The summed E-state index contributed by atoms with van der Waals surface area (Å²) < 4.78 is 0. The number of para-hydroxylation sites is 1. The fourth-order valence-corrected chi connectivity index (χ4v) is 4.42. The Balaban J connectivity index is 2.20. The van der Waals surface area contributed by atoms with E-state index in [1.807, 2.05) is 12.1 Å². The van der Waals surface area contributed by atoms with E-state index < -0.39 is 0 Å². The van der Waals surface area contributed by atoms with E-state index in [2.05, 4.69) is 96.2 Å². The molecule has 3 heteroatoms. The van der Waals surface area contributed by atoms with Gasteiger partial charge in [0.25, 0.3) is 0 Å². The summed E-state index contributed by atoms with van der Waals surface area (Å²) in [6, 6.07) is 19.3. The van der Waals surface area contributed by atoms with Crippen LogP contribution in [0.15, 0.2) is 54.6 Å². The molecule has 3 nitrogen and oxygen atoms in total. The van der Waals surface area contributed by atoms with E-state index in [1.165, 1.54) is 11.1 Å². The minimum absolute atomic E-state index is 0.0121. The summed E-state index contributed by atoms with van der Waals surface area (Å²) in [7, 11) is 0. The predicted octanol–water partition coefficient (Wildman–Crippen LogP) is 7.59. The van der Waals surface area contributed by atoms with E-state index in [0.717, 1.165) is 35.0 Å². The number of rotatable bonds is 6. The fourth-order valence-electron chi connectivity index (χ4n) is 4.42. The van der Waals surface area contributed by atoms with Gasteiger partial charge in [-0.3, -0.25) is 9.78 Å². The van der Waals surface area contributed by atoms with Gasteiger partial charge in [-0.2, -0.15) is 0 Å². The molecule has 176 valence electrons. The van der Waals surface area contributed by atoms with Crippen LogP contribution in [0.25, 0.3) is 10.9 Å². The largest absolute Gasteiger partial charge is 0.349 e. The van der Waals surface area contributed by atoms with Crippen LogP contribution < -0.4 is 5.32 Å². The molecule has 0 bridgehead atoms. The fraction of sp³-hybridized carbons (Fsp3) is 0.467. The van der Waals surface area contributed by atoms with Crippen LogP contribution in [0.3, 0.4) is 0 Å². The summed E-state index contributed by atoms with van der Waals surface area (Å²) in [4.78, 5) is 17.5. The average Bonchev–Trinajstić information content (AvgIpc) is 2.74. The number of aromatic nitrogens is 1. The Morgan fingerprint density at radius 2 is 1.52 bits per heavy atom. The molecule has 0 aliphatic heterocycles. The number of amides is 1. The Hall–Kier alpha value is -2.68. The number of carbonyl (C=O) groups excluding carboxylic acids is 1. The molecule has 0 saturated carbocycles. The Morgan fingerprint density at radius 3 is 2.06 bits per heavy atom. The van der Waals surface area contributed by atoms with Crippen LogP contribution in [0.2, 0.25) is 0 Å². The van der Waals surface area contributed by atoms with E-state index in [4.69, 9.17) is 4.98 Å². The van der Waals surface area contributed by atoms with Crippen LogP contribution in [0.5, 0.6) is 0 Å². The number of pyridine rings is 1. The molecule has 2 aromatic carbocycles. The number of hydrogen-bond acceptors (Lipinski definition) is 2. The number of nitrogens with zero attached hydrogens (tertiary/aromatic N) is 1. The van der Waals surface area contributed by atoms with Crippen LogP contribution in [-0.2, 0) is 15.6 Å². The van der Waals surface area contributed by atoms with Gasteiger partial charge >= 0.3 is 0 Å². The Morgan fingerprint density at radius 1 is 0.909 bits per heavy atom. The standard InChI is InChI=1S/C30H40N2O/c1-9-12-25(27-16-15-21-13-10-11-14-26(21)32-27)28(31-20(2)33)22-17-23(29(3,4)5)19-24(18-22)30(6,7)8/h10-11,13-19,25,28H,9,12H2,1-8H3,(H,31,33). The van der Waals surface area contributed by atoms with Crippen molar-refractivity contribution >= 4 is 16.8 Å². The lowest BCUT2D eigenvalue weighted by atomic mass is 9.77. The second-order valence-electron chi connectivity index (χ2n) is 11.3. The third-order valence-corrected chi connectivity index (χ3v) is 6.41. The Kier molecular flexibility index (Phi) is 7.31. The molecule has 0 aliphatic carbocycles. The lowest BCUT2D eigenvalue weighted by Crippen LogP contribution is -2.32. The van der Waals surface area contributed by atoms with Crippen molar-refractivity contribution < 1.29 is 4.79 Å². The van der Waals surface area contributed by atoms with E-state index in [9.17, 15) is 4.79 Å². The molecule has 2 atom stereocenters. The number of carbonyl (C=O) groups is 1. The first-order chi connectivity index (χ1) is 15.4. The predicted molar refractivity (Wildman–Crippen MR) is 140 cm³/mol. The van der Waals surface area contributed by atoms with Crippen molar-refractivity contribution in [2.24, 2.45) is 0 Å². The monoisotopic (exact) mass is 444 g/mol. The summed E-state index contributed by atoms with van der Waals surface area (Å²) in [6.45, 7) is 17.3. The molecule has 2 unspecified atom stereocenters. The third kappa shape index (κ3) is 6.01. The third-order valence-electron chi connectivity index (χ3n) is 6.41. The summed E-state index contributed by atoms with van der Waals surface area (Å²) in [5.41, 5.74) is 5.81. The molecular formula is C30H40N2O. The van der Waals surface area contributed by atoms with Gasteiger partial charge < -0.3 is 5.32 Å². The molecule has 3 aromatic rings. The van der Waals surface area contributed by atoms with Crippen molar-refractivity contribution in [3.63, 3.8) is 0 Å². The van der Waals surface area contributed by atoms with Crippen molar-refractivity contribution in [3.05, 3.63) is 77.0 Å². The van der Waals surface area contributed by atoms with Gasteiger partial charge in [-0.15, -0.1) is 0 Å². The molecule has 1 aromatic heterocycles. The van der Waals surface area contributed by atoms with Crippen molar-refractivity contribution in [3.8, 4) is 0 Å². The topological polar surface area (TPSA) is 42.0 Å². The van der Waals surface area contributed by atoms with Gasteiger partial charge in [0.05, 0.1) is 11.6 Å². The zero-order chi connectivity index (χ0) is 24.4. The molecule has 33 heavy (non-hydrogen) atoms. The van der Waals surface area contributed by atoms with Crippen LogP contribution in [0, 0.1) is 0 Å². The van der Waals surface area contributed by atoms with Crippen LogP contribution in [0.1, 0.15) is 103 Å². The van der Waals surface area contributed by atoms with Gasteiger partial charge in [-0.1, -0.05) is 97.4 Å². The SMILES string of the molecule is CCCC(c1ccc2ccccc2n1)C(NC(C)=O)c1cc(C(C)(C)C)cc(C(C)(C)C)c1. The number of nitrogens with one attached hydrogen (secondary N) is 1.